The molecule has 2 unspecified atom stereocenters. The van der Waals surface area contributed by atoms with Gasteiger partial charge in [0.25, 0.3) is 0 Å². The van der Waals surface area contributed by atoms with E-state index in [0.717, 1.165) is 0 Å². The van der Waals surface area contributed by atoms with Crippen LogP contribution in [0.3, 0.4) is 0 Å². The summed E-state index contributed by atoms with van der Waals surface area (Å²) in [5.74, 6) is 2.74. The summed E-state index contributed by atoms with van der Waals surface area (Å²) in [5.41, 5.74) is 15.1. The molecule has 248 valence electrons. The van der Waals surface area contributed by atoms with Crippen LogP contribution in [0.4, 0.5) is 0 Å². The number of hydrogen-bond donors (Lipinski definition) is 0. The van der Waals surface area contributed by atoms with E-state index in [4.69, 9.17) is 0 Å². The number of benzene rings is 7. The van der Waals surface area contributed by atoms with E-state index in [-0.39, 0.29) is 24.8 Å². The zero-order valence-corrected chi connectivity index (χ0v) is 35.1. The van der Waals surface area contributed by atoms with E-state index < -0.39 is 28.6 Å². The molecular formula is C47H38Cl2GeZr. The molecule has 0 radical (unpaired) electrons. The van der Waals surface area contributed by atoms with Crippen molar-refractivity contribution in [1.29, 1.82) is 0 Å². The molecule has 7 aromatic rings. The van der Waals surface area contributed by atoms with Gasteiger partial charge in [0.2, 0.25) is 0 Å². The second-order valence-electron chi connectivity index (χ2n) is 13.7. The Morgan fingerprint density at radius 2 is 0.784 bits per heavy atom. The summed E-state index contributed by atoms with van der Waals surface area (Å²) in [6.07, 6.45) is 0. The van der Waals surface area contributed by atoms with Gasteiger partial charge < -0.3 is 24.8 Å². The van der Waals surface area contributed by atoms with Crippen molar-refractivity contribution in [1.82, 2.24) is 0 Å². The molecule has 2 aliphatic rings. The van der Waals surface area contributed by atoms with Crippen molar-refractivity contribution in [3.8, 4) is 0 Å². The third-order valence-electron chi connectivity index (χ3n) is 11.1. The first kappa shape index (κ1) is 35.9. The molecule has 0 spiro atoms. The predicted octanol–water partition coefficient (Wildman–Crippen LogP) is 5.60. The van der Waals surface area contributed by atoms with E-state index in [1.807, 2.05) is 0 Å². The van der Waals surface area contributed by atoms with Crippen molar-refractivity contribution in [3.63, 3.8) is 0 Å². The van der Waals surface area contributed by atoms with Gasteiger partial charge in [-0.05, 0) is 0 Å². The first-order valence-electron chi connectivity index (χ1n) is 17.4. The molecule has 2 aliphatic carbocycles. The Balaban J connectivity index is 0.00000203. The largest absolute Gasteiger partial charge is 1.00 e. The Hall–Kier alpha value is -3.45. The quantitative estimate of drug-likeness (QED) is 0.198. The van der Waals surface area contributed by atoms with Crippen LogP contribution in [0, 0.1) is 0 Å². The van der Waals surface area contributed by atoms with Gasteiger partial charge in [-0.15, -0.1) is 0 Å². The fourth-order valence-electron chi connectivity index (χ4n) is 8.99. The number of allylic oxidation sites excluding steroid dienone is 2. The van der Waals surface area contributed by atoms with Gasteiger partial charge in [-0.1, -0.05) is 0 Å². The maximum absolute atomic E-state index is 2.74. The van der Waals surface area contributed by atoms with Crippen molar-refractivity contribution in [2.24, 2.45) is 0 Å². The fourth-order valence-corrected chi connectivity index (χ4v) is 46.3. The molecule has 2 atom stereocenters. The number of halogens is 2. The minimum atomic E-state index is -2.52. The molecule has 9 rings (SSSR count). The average molecular weight is 838 g/mol. The molecule has 0 saturated heterocycles. The minimum absolute atomic E-state index is 0. The van der Waals surface area contributed by atoms with Gasteiger partial charge in [0.1, 0.15) is 0 Å². The van der Waals surface area contributed by atoms with E-state index in [9.17, 15) is 0 Å². The summed E-state index contributed by atoms with van der Waals surface area (Å²) in [7, 11) is -1.77. The number of hydrogen-bond acceptors (Lipinski definition) is 0. The van der Waals surface area contributed by atoms with E-state index in [2.05, 4.69) is 183 Å². The molecular weight excluding hydrogens is 799 g/mol. The normalized spacial score (nSPS) is 15.9. The molecule has 4 heteroatoms. The third kappa shape index (κ3) is 5.95. The van der Waals surface area contributed by atoms with Gasteiger partial charge in [-0.2, -0.15) is 0 Å². The van der Waals surface area contributed by atoms with Crippen LogP contribution in [0.25, 0.3) is 32.7 Å². The Morgan fingerprint density at radius 1 is 0.412 bits per heavy atom. The van der Waals surface area contributed by atoms with Crippen LogP contribution in [0.1, 0.15) is 54.5 Å². The second kappa shape index (κ2) is 14.9. The SMILES string of the molecule is CC1=C(c2cccc3ccccc23)c2ccccc2[CH]1[Zr+2]([CH]1C(C)=C(c2cccc3ccccc23)c2ccccc21)=[Ge]([CH3])[c]1ccccc1.[Cl-].[Cl-]. The molecule has 0 nitrogen and oxygen atoms in total. The average Bonchev–Trinajstić information content (AvgIpc) is 3.61. The van der Waals surface area contributed by atoms with Crippen molar-refractivity contribution >= 4 is 47.1 Å². The van der Waals surface area contributed by atoms with Crippen molar-refractivity contribution < 1.29 is 43.4 Å². The van der Waals surface area contributed by atoms with Crippen molar-refractivity contribution in [3.05, 3.63) is 208 Å². The molecule has 0 bridgehead atoms. The molecule has 0 aromatic heterocycles. The second-order valence-corrected chi connectivity index (χ2v) is 39.3. The van der Waals surface area contributed by atoms with E-state index >= 15 is 0 Å². The van der Waals surface area contributed by atoms with Crippen LogP contribution in [-0.2, 0) is 18.6 Å². The van der Waals surface area contributed by atoms with Crippen LogP contribution in [0.5, 0.6) is 0 Å². The summed E-state index contributed by atoms with van der Waals surface area (Å²) in [5, 5.41) is 5.35. The number of fused-ring (bicyclic) bond motifs is 4. The van der Waals surface area contributed by atoms with Crippen molar-refractivity contribution in [2.75, 3.05) is 0 Å². The smallest absolute Gasteiger partial charge is 1.00 e. The topological polar surface area (TPSA) is 0 Å². The third-order valence-corrected chi connectivity index (χ3v) is 44.1. The van der Waals surface area contributed by atoms with Gasteiger partial charge in [-0.3, -0.25) is 0 Å². The first-order valence-corrected chi connectivity index (χ1v) is 30.9. The van der Waals surface area contributed by atoms with Gasteiger partial charge in [-0.25, -0.2) is 0 Å². The molecule has 0 N–H and O–H groups in total. The Labute approximate surface area is 322 Å². The summed E-state index contributed by atoms with van der Waals surface area (Å²) >= 11 is -2.52. The van der Waals surface area contributed by atoms with Gasteiger partial charge in [0.05, 0.1) is 0 Å². The Bertz CT molecular complexity index is 2380. The zero-order chi connectivity index (χ0) is 33.1. The van der Waals surface area contributed by atoms with E-state index in [1.54, 1.807) is 26.7 Å². The Morgan fingerprint density at radius 3 is 1.27 bits per heavy atom. The molecule has 7 aromatic carbocycles. The van der Waals surface area contributed by atoms with Crippen LogP contribution in [0.15, 0.2) is 175 Å². The summed E-state index contributed by atoms with van der Waals surface area (Å²) in [4.78, 5) is 0. The van der Waals surface area contributed by atoms with E-state index in [1.165, 1.54) is 54.9 Å². The van der Waals surface area contributed by atoms with Crippen LogP contribution in [-0.4, -0.2) is 9.98 Å². The maximum Gasteiger partial charge on any atom is -1.00 e. The van der Waals surface area contributed by atoms with Crippen molar-refractivity contribution in [2.45, 2.75) is 26.9 Å². The fraction of sp³-hybridized carbons (Fsp3) is 0.106. The number of rotatable bonds is 5. The standard InChI is InChI=1S/2C20H15.C7H8Ge.2ClH.Zr/c2*1-14-13-16-8-3-5-11-18(16)20(14)19-12-6-9-15-7-2-4-10-17(15)19;1-8-7-5-3-2-4-6-7;;;/h2*2-13H,1H3;2-6H,1H3;2*1H;/q;;;;;+2/p-2. The van der Waals surface area contributed by atoms with Crippen LogP contribution in [0.2, 0.25) is 5.76 Å². The molecule has 0 aliphatic heterocycles. The first-order chi connectivity index (χ1) is 24.1. The molecule has 0 fully saturated rings. The molecule has 51 heavy (non-hydrogen) atoms. The van der Waals surface area contributed by atoms with Gasteiger partial charge in [0.15, 0.2) is 0 Å². The van der Waals surface area contributed by atoms with Gasteiger partial charge in [0, 0.05) is 0 Å². The summed E-state index contributed by atoms with van der Waals surface area (Å²) in [6, 6.07) is 62.3. The molecule has 0 saturated carbocycles. The van der Waals surface area contributed by atoms with E-state index in [0.29, 0.717) is 7.25 Å². The molecule has 0 heterocycles. The Kier molecular flexibility index (Phi) is 10.5. The maximum atomic E-state index is 2.74. The molecule has 0 amide bonds. The van der Waals surface area contributed by atoms with Crippen LogP contribution < -0.4 is 29.2 Å². The zero-order valence-electron chi connectivity index (χ0n) is 29.0. The van der Waals surface area contributed by atoms with Gasteiger partial charge >= 0.3 is 301 Å². The van der Waals surface area contributed by atoms with Crippen LogP contribution >= 0.6 is 0 Å². The summed E-state index contributed by atoms with van der Waals surface area (Å²) in [6.45, 7) is 5.01. The minimum Gasteiger partial charge on any atom is -1.00 e. The predicted molar refractivity (Wildman–Crippen MR) is 207 cm³/mol. The summed E-state index contributed by atoms with van der Waals surface area (Å²) < 4.78 is 2.70. The monoisotopic (exact) mass is 836 g/mol.